The van der Waals surface area contributed by atoms with Gasteiger partial charge in [0.15, 0.2) is 5.82 Å². The van der Waals surface area contributed by atoms with E-state index < -0.39 is 0 Å². The summed E-state index contributed by atoms with van der Waals surface area (Å²) in [7, 11) is 1.72. The fourth-order valence-electron chi connectivity index (χ4n) is 2.50. The number of carbonyl (C=O) groups is 1. The van der Waals surface area contributed by atoms with E-state index in [1.54, 1.807) is 42.5 Å². The van der Waals surface area contributed by atoms with Crippen LogP contribution in [-0.4, -0.2) is 34.5 Å². The molecular formula is C20H20ClN5O. The standard InChI is InChI=1S/C20H20ClN5O/c1-13-14(2)24-20(15-6-8-16(21)9-7-15)25-19(13)23-12-18(27)26(3)17-5-4-10-22-11-17/h4-11H,12H2,1-3H3,(H,23,24,25). The lowest BCUT2D eigenvalue weighted by Gasteiger charge is -2.18. The van der Waals surface area contributed by atoms with Crippen LogP contribution in [-0.2, 0) is 4.79 Å². The molecule has 1 aromatic carbocycles. The molecule has 2 aromatic heterocycles. The molecule has 0 spiro atoms. The quantitative estimate of drug-likeness (QED) is 0.726. The Kier molecular flexibility index (Phi) is 5.66. The Labute approximate surface area is 163 Å². The first-order chi connectivity index (χ1) is 13.0. The fraction of sp³-hybridized carbons (Fsp3) is 0.200. The van der Waals surface area contributed by atoms with Crippen molar-refractivity contribution in [2.24, 2.45) is 0 Å². The highest BCUT2D eigenvalue weighted by molar-refractivity contribution is 6.30. The van der Waals surface area contributed by atoms with Gasteiger partial charge >= 0.3 is 0 Å². The summed E-state index contributed by atoms with van der Waals surface area (Å²) < 4.78 is 0. The molecule has 3 aromatic rings. The van der Waals surface area contributed by atoms with E-state index in [9.17, 15) is 4.79 Å². The van der Waals surface area contributed by atoms with E-state index in [1.807, 2.05) is 32.0 Å². The first-order valence-electron chi connectivity index (χ1n) is 8.47. The first-order valence-corrected chi connectivity index (χ1v) is 8.85. The van der Waals surface area contributed by atoms with Crippen molar-refractivity contribution in [1.29, 1.82) is 0 Å². The van der Waals surface area contributed by atoms with Gasteiger partial charge in [-0.05, 0) is 50.2 Å². The van der Waals surface area contributed by atoms with Gasteiger partial charge in [-0.1, -0.05) is 11.6 Å². The van der Waals surface area contributed by atoms with Crippen LogP contribution >= 0.6 is 11.6 Å². The molecule has 0 saturated carbocycles. The summed E-state index contributed by atoms with van der Waals surface area (Å²) in [5.74, 6) is 1.14. The number of anilines is 2. The van der Waals surface area contributed by atoms with Crippen LogP contribution in [0.2, 0.25) is 5.02 Å². The van der Waals surface area contributed by atoms with Gasteiger partial charge in [0, 0.05) is 35.1 Å². The number of aryl methyl sites for hydroxylation is 1. The summed E-state index contributed by atoms with van der Waals surface area (Å²) in [6.07, 6.45) is 3.32. The topological polar surface area (TPSA) is 71.0 Å². The number of rotatable bonds is 5. The largest absolute Gasteiger partial charge is 0.361 e. The van der Waals surface area contributed by atoms with Crippen LogP contribution in [0.4, 0.5) is 11.5 Å². The van der Waals surface area contributed by atoms with Crippen molar-refractivity contribution in [3.63, 3.8) is 0 Å². The van der Waals surface area contributed by atoms with E-state index in [4.69, 9.17) is 11.6 Å². The molecule has 0 unspecified atom stereocenters. The van der Waals surface area contributed by atoms with Crippen LogP contribution in [0, 0.1) is 13.8 Å². The lowest BCUT2D eigenvalue weighted by molar-refractivity contribution is -0.116. The average Bonchev–Trinajstić information content (AvgIpc) is 2.69. The van der Waals surface area contributed by atoms with Crippen molar-refractivity contribution in [2.45, 2.75) is 13.8 Å². The lowest BCUT2D eigenvalue weighted by atomic mass is 10.2. The van der Waals surface area contributed by atoms with Gasteiger partial charge in [-0.2, -0.15) is 0 Å². The highest BCUT2D eigenvalue weighted by Gasteiger charge is 2.14. The van der Waals surface area contributed by atoms with Gasteiger partial charge in [0.1, 0.15) is 5.82 Å². The molecule has 27 heavy (non-hydrogen) atoms. The molecule has 1 amide bonds. The monoisotopic (exact) mass is 381 g/mol. The molecule has 138 valence electrons. The molecule has 0 saturated heterocycles. The number of amides is 1. The van der Waals surface area contributed by atoms with Crippen molar-refractivity contribution in [2.75, 3.05) is 23.8 Å². The normalized spacial score (nSPS) is 10.5. The molecular weight excluding hydrogens is 362 g/mol. The van der Waals surface area contributed by atoms with Crippen molar-refractivity contribution in [3.8, 4) is 11.4 Å². The van der Waals surface area contributed by atoms with E-state index in [0.29, 0.717) is 16.7 Å². The molecule has 0 bridgehead atoms. The van der Waals surface area contributed by atoms with Gasteiger partial charge in [0.05, 0.1) is 18.4 Å². The zero-order chi connectivity index (χ0) is 19.4. The zero-order valence-corrected chi connectivity index (χ0v) is 16.2. The van der Waals surface area contributed by atoms with Crippen molar-refractivity contribution >= 4 is 29.0 Å². The molecule has 0 aliphatic rings. The summed E-state index contributed by atoms with van der Waals surface area (Å²) >= 11 is 5.95. The van der Waals surface area contributed by atoms with Crippen molar-refractivity contribution in [1.82, 2.24) is 15.0 Å². The third kappa shape index (κ3) is 4.41. The number of pyridine rings is 1. The van der Waals surface area contributed by atoms with E-state index in [2.05, 4.69) is 20.3 Å². The zero-order valence-electron chi connectivity index (χ0n) is 15.4. The van der Waals surface area contributed by atoms with Crippen molar-refractivity contribution < 1.29 is 4.79 Å². The molecule has 0 radical (unpaired) electrons. The molecule has 0 atom stereocenters. The van der Waals surface area contributed by atoms with Gasteiger partial charge in [-0.15, -0.1) is 0 Å². The molecule has 1 N–H and O–H groups in total. The highest BCUT2D eigenvalue weighted by Crippen LogP contribution is 2.23. The minimum absolute atomic E-state index is 0.0910. The molecule has 0 fully saturated rings. The average molecular weight is 382 g/mol. The number of nitrogens with zero attached hydrogens (tertiary/aromatic N) is 4. The Morgan fingerprint density at radius 1 is 1.15 bits per heavy atom. The third-order valence-corrected chi connectivity index (χ3v) is 4.56. The van der Waals surface area contributed by atoms with E-state index in [0.717, 1.165) is 22.5 Å². The molecule has 0 aliphatic heterocycles. The second-order valence-electron chi connectivity index (χ2n) is 6.13. The number of benzene rings is 1. The van der Waals surface area contributed by atoms with Crippen LogP contribution in [0.15, 0.2) is 48.8 Å². The predicted octanol–water partition coefficient (Wildman–Crippen LogP) is 3.88. The van der Waals surface area contributed by atoms with Crippen molar-refractivity contribution in [3.05, 3.63) is 65.1 Å². The molecule has 2 heterocycles. The Bertz CT molecular complexity index is 945. The van der Waals surface area contributed by atoms with E-state index in [1.165, 1.54) is 0 Å². The van der Waals surface area contributed by atoms with E-state index >= 15 is 0 Å². The number of carbonyl (C=O) groups excluding carboxylic acids is 1. The second kappa shape index (κ2) is 8.14. The molecule has 3 rings (SSSR count). The minimum atomic E-state index is -0.0910. The fourth-order valence-corrected chi connectivity index (χ4v) is 2.63. The number of likely N-dealkylation sites (N-methyl/N-ethyl adjacent to an activating group) is 1. The molecule has 0 aliphatic carbocycles. The Balaban J connectivity index is 1.78. The summed E-state index contributed by atoms with van der Waals surface area (Å²) in [4.78, 5) is 27.2. The van der Waals surface area contributed by atoms with Gasteiger partial charge in [0.2, 0.25) is 5.91 Å². The maximum atomic E-state index is 12.5. The number of hydrogen-bond acceptors (Lipinski definition) is 5. The molecule has 6 nitrogen and oxygen atoms in total. The first kappa shape index (κ1) is 18.8. The second-order valence-corrected chi connectivity index (χ2v) is 6.57. The SMILES string of the molecule is Cc1nc(-c2ccc(Cl)cc2)nc(NCC(=O)N(C)c2cccnc2)c1C. The third-order valence-electron chi connectivity index (χ3n) is 4.31. The Morgan fingerprint density at radius 2 is 1.89 bits per heavy atom. The molecule has 7 heteroatoms. The van der Waals surface area contributed by atoms with Crippen LogP contribution in [0.5, 0.6) is 0 Å². The summed E-state index contributed by atoms with van der Waals surface area (Å²) in [6, 6.07) is 11.0. The minimum Gasteiger partial charge on any atom is -0.361 e. The van der Waals surface area contributed by atoms with Crippen LogP contribution in [0.1, 0.15) is 11.3 Å². The van der Waals surface area contributed by atoms with Gasteiger partial charge in [-0.25, -0.2) is 9.97 Å². The van der Waals surface area contributed by atoms with Gasteiger partial charge in [-0.3, -0.25) is 9.78 Å². The van der Waals surface area contributed by atoms with Crippen LogP contribution in [0.25, 0.3) is 11.4 Å². The maximum absolute atomic E-state index is 12.5. The summed E-state index contributed by atoms with van der Waals surface area (Å²) in [6.45, 7) is 3.96. The van der Waals surface area contributed by atoms with E-state index in [-0.39, 0.29) is 12.5 Å². The Hall–Kier alpha value is -2.99. The smallest absolute Gasteiger partial charge is 0.246 e. The highest BCUT2D eigenvalue weighted by atomic mass is 35.5. The number of aromatic nitrogens is 3. The number of halogens is 1. The summed E-state index contributed by atoms with van der Waals surface area (Å²) in [5.41, 5.74) is 3.36. The Morgan fingerprint density at radius 3 is 2.56 bits per heavy atom. The number of nitrogens with one attached hydrogen (secondary N) is 1. The number of hydrogen-bond donors (Lipinski definition) is 1. The lowest BCUT2D eigenvalue weighted by Crippen LogP contribution is -2.32. The van der Waals surface area contributed by atoms with Gasteiger partial charge in [0.25, 0.3) is 0 Å². The van der Waals surface area contributed by atoms with Crippen LogP contribution in [0.3, 0.4) is 0 Å². The predicted molar refractivity (Wildman–Crippen MR) is 108 cm³/mol. The maximum Gasteiger partial charge on any atom is 0.246 e. The van der Waals surface area contributed by atoms with Gasteiger partial charge < -0.3 is 10.2 Å². The summed E-state index contributed by atoms with van der Waals surface area (Å²) in [5, 5.41) is 3.79. The van der Waals surface area contributed by atoms with Crippen LogP contribution < -0.4 is 10.2 Å².